The molecule has 3 heterocycles. The highest BCUT2D eigenvalue weighted by atomic mass is 32.1. The van der Waals surface area contributed by atoms with E-state index < -0.39 is 6.04 Å². The fourth-order valence-corrected chi connectivity index (χ4v) is 3.76. The second-order valence-electron chi connectivity index (χ2n) is 5.65. The van der Waals surface area contributed by atoms with Crippen molar-refractivity contribution in [1.82, 2.24) is 9.47 Å². The van der Waals surface area contributed by atoms with Crippen LogP contribution in [0.3, 0.4) is 0 Å². The quantitative estimate of drug-likeness (QED) is 0.740. The van der Waals surface area contributed by atoms with E-state index in [1.807, 2.05) is 35.8 Å². The van der Waals surface area contributed by atoms with Gasteiger partial charge in [-0.2, -0.15) is 0 Å². The van der Waals surface area contributed by atoms with Crippen LogP contribution < -0.4 is 5.32 Å². The van der Waals surface area contributed by atoms with Crippen LogP contribution in [0.5, 0.6) is 0 Å². The molecule has 2 aromatic heterocycles. The maximum atomic E-state index is 14.4. The van der Waals surface area contributed by atoms with E-state index in [0.717, 1.165) is 10.7 Å². The summed E-state index contributed by atoms with van der Waals surface area (Å²) in [7, 11) is 0. The number of urea groups is 1. The molecule has 1 N–H and O–H groups in total. The number of fused-ring (bicyclic) bond motifs is 1. The summed E-state index contributed by atoms with van der Waals surface area (Å²) in [5.41, 5.74) is 1.44. The molecular formula is C18H16FN3OS. The highest BCUT2D eigenvalue weighted by molar-refractivity contribution is 7.14. The average molecular weight is 341 g/mol. The lowest BCUT2D eigenvalue weighted by Crippen LogP contribution is -2.44. The van der Waals surface area contributed by atoms with Crippen LogP contribution in [0.2, 0.25) is 0 Å². The third-order valence-corrected chi connectivity index (χ3v) is 5.04. The Morgan fingerprint density at radius 1 is 1.12 bits per heavy atom. The van der Waals surface area contributed by atoms with Crippen molar-refractivity contribution in [3.05, 3.63) is 77.2 Å². The molecule has 0 aliphatic carbocycles. The first-order valence-electron chi connectivity index (χ1n) is 7.74. The molecule has 1 aromatic carbocycles. The van der Waals surface area contributed by atoms with Crippen LogP contribution >= 0.6 is 11.3 Å². The zero-order valence-electron chi connectivity index (χ0n) is 12.9. The number of hydrogen-bond acceptors (Lipinski definition) is 2. The topological polar surface area (TPSA) is 37.3 Å². The first-order valence-corrected chi connectivity index (χ1v) is 8.62. The third-order valence-electron chi connectivity index (χ3n) is 4.25. The third kappa shape index (κ3) is 2.59. The van der Waals surface area contributed by atoms with Crippen LogP contribution in [0.25, 0.3) is 0 Å². The predicted molar refractivity (Wildman–Crippen MR) is 92.7 cm³/mol. The molecule has 1 aliphatic rings. The van der Waals surface area contributed by atoms with E-state index in [0.29, 0.717) is 18.7 Å². The molecule has 6 heteroatoms. The maximum Gasteiger partial charge on any atom is 0.323 e. The average Bonchev–Trinajstić information content (AvgIpc) is 3.25. The second kappa shape index (κ2) is 6.13. The number of aromatic nitrogens is 1. The first-order chi connectivity index (χ1) is 11.7. The van der Waals surface area contributed by atoms with Crippen LogP contribution in [-0.4, -0.2) is 22.0 Å². The van der Waals surface area contributed by atoms with E-state index in [4.69, 9.17) is 0 Å². The Hall–Kier alpha value is -2.60. The van der Waals surface area contributed by atoms with Crippen LogP contribution in [0, 0.1) is 5.82 Å². The number of nitrogens with zero attached hydrogens (tertiary/aromatic N) is 2. The van der Waals surface area contributed by atoms with Gasteiger partial charge in [-0.15, -0.1) is 11.3 Å². The molecule has 3 aromatic rings. The summed E-state index contributed by atoms with van der Waals surface area (Å²) in [5.74, 6) is -0.300. The van der Waals surface area contributed by atoms with Gasteiger partial charge in [0.25, 0.3) is 0 Å². The van der Waals surface area contributed by atoms with Gasteiger partial charge in [-0.25, -0.2) is 9.18 Å². The lowest BCUT2D eigenvalue weighted by Gasteiger charge is -2.37. The first kappa shape index (κ1) is 15.0. The highest BCUT2D eigenvalue weighted by Gasteiger charge is 2.33. The molecule has 0 unspecified atom stereocenters. The van der Waals surface area contributed by atoms with E-state index in [2.05, 4.69) is 9.88 Å². The Bertz CT molecular complexity index is 859. The minimum absolute atomic E-state index is 0.210. The molecule has 4 nitrogen and oxygen atoms in total. The van der Waals surface area contributed by atoms with Crippen molar-refractivity contribution in [1.29, 1.82) is 0 Å². The molecule has 0 bridgehead atoms. The van der Waals surface area contributed by atoms with Gasteiger partial charge in [-0.05, 0) is 35.7 Å². The number of carbonyl (C=O) groups excluding carboxylic acids is 1. The Kier molecular flexibility index (Phi) is 3.82. The summed E-state index contributed by atoms with van der Waals surface area (Å²) >= 11 is 1.46. The molecule has 0 saturated carbocycles. The van der Waals surface area contributed by atoms with Crippen molar-refractivity contribution in [2.24, 2.45) is 0 Å². The van der Waals surface area contributed by atoms with Gasteiger partial charge in [-0.1, -0.05) is 18.2 Å². The zero-order chi connectivity index (χ0) is 16.5. The number of halogens is 1. The highest BCUT2D eigenvalue weighted by Crippen LogP contribution is 2.34. The fourth-order valence-electron chi connectivity index (χ4n) is 3.15. The fraction of sp³-hybridized carbons (Fsp3) is 0.167. The van der Waals surface area contributed by atoms with Crippen LogP contribution in [-0.2, 0) is 6.54 Å². The van der Waals surface area contributed by atoms with Crippen LogP contribution in [0.4, 0.5) is 14.2 Å². The van der Waals surface area contributed by atoms with E-state index in [1.54, 1.807) is 23.1 Å². The van der Waals surface area contributed by atoms with Crippen LogP contribution in [0.15, 0.2) is 60.1 Å². The molecule has 4 rings (SSSR count). The van der Waals surface area contributed by atoms with Crippen molar-refractivity contribution in [3.63, 3.8) is 0 Å². The molecule has 0 radical (unpaired) electrons. The zero-order valence-corrected chi connectivity index (χ0v) is 13.7. The molecule has 1 atom stereocenters. The maximum absolute atomic E-state index is 14.4. The number of benzene rings is 1. The summed E-state index contributed by atoms with van der Waals surface area (Å²) in [6.45, 7) is 1.23. The van der Waals surface area contributed by atoms with E-state index in [1.165, 1.54) is 17.4 Å². The van der Waals surface area contributed by atoms with Gasteiger partial charge in [0.1, 0.15) is 11.9 Å². The van der Waals surface area contributed by atoms with Gasteiger partial charge in [0.05, 0.1) is 5.00 Å². The summed E-state index contributed by atoms with van der Waals surface area (Å²) in [6.07, 6.45) is 1.97. The largest absolute Gasteiger partial charge is 0.348 e. The smallest absolute Gasteiger partial charge is 0.323 e. The molecule has 0 fully saturated rings. The summed E-state index contributed by atoms with van der Waals surface area (Å²) in [4.78, 5) is 14.5. The Labute approximate surface area is 143 Å². The number of thiophene rings is 1. The van der Waals surface area contributed by atoms with Gasteiger partial charge >= 0.3 is 6.03 Å². The minimum atomic E-state index is -0.435. The predicted octanol–water partition coefficient (Wildman–Crippen LogP) is 4.33. The van der Waals surface area contributed by atoms with Gasteiger partial charge in [0.15, 0.2) is 0 Å². The standard InChI is InChI=1S/C18H16FN3OS/c19-14-6-2-1-5-13(14)17-15-7-3-9-21(15)10-11-22(17)18(23)20-16-8-4-12-24-16/h1-9,12,17H,10-11H2,(H,20,23)/t17-/m1/s1. The van der Waals surface area contributed by atoms with Crippen molar-refractivity contribution >= 4 is 22.4 Å². The van der Waals surface area contributed by atoms with Gasteiger partial charge < -0.3 is 9.47 Å². The SMILES string of the molecule is O=C(Nc1cccs1)N1CCn2cccc2[C@H]1c1ccccc1F. The molecule has 24 heavy (non-hydrogen) atoms. The van der Waals surface area contributed by atoms with Crippen molar-refractivity contribution in [3.8, 4) is 0 Å². The molecule has 1 aliphatic heterocycles. The second-order valence-corrected chi connectivity index (χ2v) is 6.60. The number of amides is 2. The van der Waals surface area contributed by atoms with Crippen LogP contribution in [0.1, 0.15) is 17.3 Å². The van der Waals surface area contributed by atoms with Crippen molar-refractivity contribution in [2.75, 3.05) is 11.9 Å². The number of rotatable bonds is 2. The minimum Gasteiger partial charge on any atom is -0.348 e. The van der Waals surface area contributed by atoms with Gasteiger partial charge in [0.2, 0.25) is 0 Å². The molecule has 0 spiro atoms. The number of anilines is 1. The number of carbonyl (C=O) groups is 1. The Balaban J connectivity index is 1.73. The summed E-state index contributed by atoms with van der Waals surface area (Å²) in [5, 5.41) is 5.60. The lowest BCUT2D eigenvalue weighted by molar-refractivity contribution is 0.180. The van der Waals surface area contributed by atoms with E-state index in [9.17, 15) is 9.18 Å². The monoisotopic (exact) mass is 341 g/mol. The van der Waals surface area contributed by atoms with Crippen molar-refractivity contribution < 1.29 is 9.18 Å². The molecular weight excluding hydrogens is 325 g/mol. The normalized spacial score (nSPS) is 16.7. The van der Waals surface area contributed by atoms with E-state index in [-0.39, 0.29) is 11.8 Å². The number of hydrogen-bond donors (Lipinski definition) is 1. The summed E-state index contributed by atoms with van der Waals surface area (Å²) in [6, 6.07) is 13.6. The molecule has 0 saturated heterocycles. The summed E-state index contributed by atoms with van der Waals surface area (Å²) < 4.78 is 16.5. The van der Waals surface area contributed by atoms with Crippen molar-refractivity contribution in [2.45, 2.75) is 12.6 Å². The Morgan fingerprint density at radius 2 is 2.00 bits per heavy atom. The van der Waals surface area contributed by atoms with Gasteiger partial charge in [-0.3, -0.25) is 5.32 Å². The lowest BCUT2D eigenvalue weighted by atomic mass is 9.99. The van der Waals surface area contributed by atoms with E-state index >= 15 is 0 Å². The molecule has 122 valence electrons. The van der Waals surface area contributed by atoms with Gasteiger partial charge in [0, 0.05) is 30.5 Å². The molecule has 2 amide bonds. The number of nitrogens with one attached hydrogen (secondary N) is 1. The Morgan fingerprint density at radius 3 is 2.79 bits per heavy atom.